The molecule has 0 spiro atoms. The van der Waals surface area contributed by atoms with Crippen molar-refractivity contribution in [2.24, 2.45) is 5.92 Å². The van der Waals surface area contributed by atoms with E-state index in [0.29, 0.717) is 11.0 Å². The third kappa shape index (κ3) is 4.29. The maximum atomic E-state index is 5.16. The second kappa shape index (κ2) is 5.70. The number of hydrogen-bond acceptors (Lipinski definition) is 2. The summed E-state index contributed by atoms with van der Waals surface area (Å²) >= 11 is 5.16. The standard InChI is InChI=1S/C10H18N4S/c1-7(2)6-13-10(15)14-8(3)9-11-4-5-12-9/h4-5,7-8H,6H2,1-3H3,(H,11,12)(H2,13,14,15). The van der Waals surface area contributed by atoms with Gasteiger partial charge in [0.1, 0.15) is 5.82 Å². The Bertz CT molecular complexity index is 294. The number of rotatable bonds is 4. The van der Waals surface area contributed by atoms with E-state index in [1.807, 2.05) is 6.92 Å². The van der Waals surface area contributed by atoms with Crippen molar-refractivity contribution in [3.63, 3.8) is 0 Å². The van der Waals surface area contributed by atoms with E-state index < -0.39 is 0 Å². The minimum absolute atomic E-state index is 0.104. The van der Waals surface area contributed by atoms with Crippen LogP contribution in [0.4, 0.5) is 0 Å². The van der Waals surface area contributed by atoms with E-state index in [1.165, 1.54) is 0 Å². The molecule has 0 aliphatic carbocycles. The van der Waals surface area contributed by atoms with Gasteiger partial charge in [0.15, 0.2) is 5.11 Å². The molecule has 0 amide bonds. The Kier molecular flexibility index (Phi) is 4.55. The quantitative estimate of drug-likeness (QED) is 0.683. The Morgan fingerprint density at radius 2 is 2.27 bits per heavy atom. The monoisotopic (exact) mass is 226 g/mol. The number of nitrogens with one attached hydrogen (secondary N) is 3. The molecule has 1 rings (SSSR count). The van der Waals surface area contributed by atoms with E-state index in [4.69, 9.17) is 12.2 Å². The molecule has 84 valence electrons. The SMILES string of the molecule is CC(C)CNC(=S)NC(C)c1ncc[nH]1. The Morgan fingerprint density at radius 1 is 1.53 bits per heavy atom. The van der Waals surface area contributed by atoms with E-state index in [0.717, 1.165) is 12.4 Å². The van der Waals surface area contributed by atoms with Crippen molar-refractivity contribution < 1.29 is 0 Å². The highest BCUT2D eigenvalue weighted by atomic mass is 32.1. The van der Waals surface area contributed by atoms with Crippen molar-refractivity contribution in [3.05, 3.63) is 18.2 Å². The molecule has 3 N–H and O–H groups in total. The van der Waals surface area contributed by atoms with Crippen LogP contribution < -0.4 is 10.6 Å². The molecule has 0 aliphatic heterocycles. The van der Waals surface area contributed by atoms with Crippen molar-refractivity contribution in [3.8, 4) is 0 Å². The third-order valence-corrected chi connectivity index (χ3v) is 2.21. The molecular formula is C10H18N4S. The lowest BCUT2D eigenvalue weighted by Gasteiger charge is -2.16. The van der Waals surface area contributed by atoms with Crippen molar-refractivity contribution in [1.82, 2.24) is 20.6 Å². The molecule has 4 nitrogen and oxygen atoms in total. The summed E-state index contributed by atoms with van der Waals surface area (Å²) in [5.74, 6) is 1.48. The van der Waals surface area contributed by atoms with Gasteiger partial charge >= 0.3 is 0 Å². The minimum atomic E-state index is 0.104. The molecule has 0 aliphatic rings. The molecule has 1 heterocycles. The van der Waals surface area contributed by atoms with Crippen molar-refractivity contribution in [2.45, 2.75) is 26.8 Å². The molecule has 0 fully saturated rings. The van der Waals surface area contributed by atoms with Crippen LogP contribution in [0, 0.1) is 5.92 Å². The third-order valence-electron chi connectivity index (χ3n) is 1.95. The highest BCUT2D eigenvalue weighted by molar-refractivity contribution is 7.80. The van der Waals surface area contributed by atoms with Gasteiger partial charge in [-0.1, -0.05) is 13.8 Å². The van der Waals surface area contributed by atoms with Gasteiger partial charge in [-0.2, -0.15) is 0 Å². The number of aromatic amines is 1. The summed E-state index contributed by atoms with van der Waals surface area (Å²) in [6.45, 7) is 7.19. The van der Waals surface area contributed by atoms with Gasteiger partial charge in [-0.3, -0.25) is 0 Å². The zero-order valence-electron chi connectivity index (χ0n) is 9.37. The second-order valence-electron chi connectivity index (χ2n) is 3.94. The van der Waals surface area contributed by atoms with Crippen molar-refractivity contribution >= 4 is 17.3 Å². The van der Waals surface area contributed by atoms with Gasteiger partial charge in [0.25, 0.3) is 0 Å². The van der Waals surface area contributed by atoms with Gasteiger partial charge in [0.2, 0.25) is 0 Å². The predicted molar refractivity (Wildman–Crippen MR) is 65.6 cm³/mol. The zero-order valence-corrected chi connectivity index (χ0v) is 10.2. The van der Waals surface area contributed by atoms with E-state index in [2.05, 4.69) is 34.4 Å². The van der Waals surface area contributed by atoms with E-state index >= 15 is 0 Å². The van der Waals surface area contributed by atoms with Crippen LogP contribution in [0.25, 0.3) is 0 Å². The molecule has 1 aromatic rings. The largest absolute Gasteiger partial charge is 0.362 e. The molecule has 1 unspecified atom stereocenters. The van der Waals surface area contributed by atoms with Gasteiger partial charge in [-0.15, -0.1) is 0 Å². The maximum absolute atomic E-state index is 5.16. The van der Waals surface area contributed by atoms with E-state index in [-0.39, 0.29) is 6.04 Å². The molecule has 1 atom stereocenters. The van der Waals surface area contributed by atoms with Crippen molar-refractivity contribution in [2.75, 3.05) is 6.54 Å². The van der Waals surface area contributed by atoms with Gasteiger partial charge in [0.05, 0.1) is 6.04 Å². The summed E-state index contributed by atoms with van der Waals surface area (Å²) in [6.07, 6.45) is 3.54. The highest BCUT2D eigenvalue weighted by Gasteiger charge is 2.08. The van der Waals surface area contributed by atoms with E-state index in [9.17, 15) is 0 Å². The summed E-state index contributed by atoms with van der Waals surface area (Å²) < 4.78 is 0. The second-order valence-corrected chi connectivity index (χ2v) is 4.35. The maximum Gasteiger partial charge on any atom is 0.166 e. The molecule has 15 heavy (non-hydrogen) atoms. The summed E-state index contributed by atoms with van der Waals surface area (Å²) in [6, 6.07) is 0.104. The van der Waals surface area contributed by atoms with Crippen LogP contribution in [0.2, 0.25) is 0 Å². The number of imidazole rings is 1. The summed E-state index contributed by atoms with van der Waals surface area (Å²) in [5.41, 5.74) is 0. The Labute approximate surface area is 95.9 Å². The lowest BCUT2D eigenvalue weighted by atomic mass is 10.2. The number of aromatic nitrogens is 2. The van der Waals surface area contributed by atoms with E-state index in [1.54, 1.807) is 12.4 Å². The normalized spacial score (nSPS) is 12.5. The first-order valence-electron chi connectivity index (χ1n) is 5.13. The number of H-pyrrole nitrogens is 1. The molecule has 5 heteroatoms. The fraction of sp³-hybridized carbons (Fsp3) is 0.600. The lowest BCUT2D eigenvalue weighted by Crippen LogP contribution is -2.38. The van der Waals surface area contributed by atoms with Gasteiger partial charge in [-0.25, -0.2) is 4.98 Å². The van der Waals surface area contributed by atoms with Crippen LogP contribution >= 0.6 is 12.2 Å². The Balaban J connectivity index is 2.32. The van der Waals surface area contributed by atoms with Crippen LogP contribution in [-0.4, -0.2) is 21.6 Å². The molecule has 1 aromatic heterocycles. The molecule has 0 bridgehead atoms. The number of hydrogen-bond donors (Lipinski definition) is 3. The van der Waals surface area contributed by atoms with Crippen LogP contribution in [0.15, 0.2) is 12.4 Å². The predicted octanol–water partition coefficient (Wildman–Crippen LogP) is 1.59. The fourth-order valence-electron chi connectivity index (χ4n) is 1.13. The average Bonchev–Trinajstić information content (AvgIpc) is 2.67. The molecule has 0 saturated heterocycles. The minimum Gasteiger partial charge on any atom is -0.362 e. The molecule has 0 radical (unpaired) electrons. The number of nitrogens with zero attached hydrogens (tertiary/aromatic N) is 1. The van der Waals surface area contributed by atoms with Crippen LogP contribution in [0.5, 0.6) is 0 Å². The lowest BCUT2D eigenvalue weighted by molar-refractivity contribution is 0.603. The first-order valence-corrected chi connectivity index (χ1v) is 5.54. The van der Waals surface area contributed by atoms with Gasteiger partial charge in [0, 0.05) is 18.9 Å². The highest BCUT2D eigenvalue weighted by Crippen LogP contribution is 2.04. The van der Waals surface area contributed by atoms with Crippen LogP contribution in [0.1, 0.15) is 32.6 Å². The summed E-state index contributed by atoms with van der Waals surface area (Å²) in [4.78, 5) is 7.21. The molecular weight excluding hydrogens is 208 g/mol. The first-order chi connectivity index (χ1) is 7.09. The average molecular weight is 226 g/mol. The summed E-state index contributed by atoms with van der Waals surface area (Å²) in [7, 11) is 0. The molecule has 0 saturated carbocycles. The Hall–Kier alpha value is -1.10. The smallest absolute Gasteiger partial charge is 0.166 e. The summed E-state index contributed by atoms with van der Waals surface area (Å²) in [5, 5.41) is 6.99. The number of thiocarbonyl (C=S) groups is 1. The fourth-order valence-corrected chi connectivity index (χ4v) is 1.39. The van der Waals surface area contributed by atoms with Crippen molar-refractivity contribution in [1.29, 1.82) is 0 Å². The zero-order chi connectivity index (χ0) is 11.3. The first kappa shape index (κ1) is 12.0. The van der Waals surface area contributed by atoms with Crippen LogP contribution in [-0.2, 0) is 0 Å². The molecule has 0 aromatic carbocycles. The Morgan fingerprint density at radius 3 is 2.80 bits per heavy atom. The van der Waals surface area contributed by atoms with Gasteiger partial charge in [-0.05, 0) is 25.1 Å². The van der Waals surface area contributed by atoms with Gasteiger partial charge < -0.3 is 15.6 Å². The van der Waals surface area contributed by atoms with Crippen LogP contribution in [0.3, 0.4) is 0 Å². The topological polar surface area (TPSA) is 52.7 Å².